The molecule has 2 rings (SSSR count). The Balaban J connectivity index is 1.72. The number of aryl methyl sites for hydroxylation is 1. The molecule has 1 aliphatic heterocycles. The Morgan fingerprint density at radius 2 is 2.37 bits per heavy atom. The molecular weight excluding hydrogens is 252 g/mol. The van der Waals surface area contributed by atoms with Crippen molar-refractivity contribution in [2.24, 2.45) is 5.92 Å². The third-order valence-electron chi connectivity index (χ3n) is 3.01. The molecule has 2 amide bonds. The van der Waals surface area contributed by atoms with Crippen LogP contribution in [-0.4, -0.2) is 51.8 Å². The van der Waals surface area contributed by atoms with Crippen LogP contribution in [0.2, 0.25) is 0 Å². The second-order valence-corrected chi connectivity index (χ2v) is 4.49. The largest absolute Gasteiger partial charge is 0.481 e. The van der Waals surface area contributed by atoms with Crippen molar-refractivity contribution in [3.8, 4) is 0 Å². The van der Waals surface area contributed by atoms with E-state index >= 15 is 0 Å². The summed E-state index contributed by atoms with van der Waals surface area (Å²) in [6.07, 6.45) is 0.967. The van der Waals surface area contributed by atoms with Gasteiger partial charge in [-0.1, -0.05) is 5.16 Å². The van der Waals surface area contributed by atoms with Crippen molar-refractivity contribution in [1.82, 2.24) is 20.4 Å². The molecule has 0 saturated carbocycles. The highest BCUT2D eigenvalue weighted by Gasteiger charge is 2.30. The second kappa shape index (κ2) is 5.68. The van der Waals surface area contributed by atoms with Crippen LogP contribution in [0.4, 0.5) is 4.79 Å². The molecule has 1 atom stereocenters. The Hall–Kier alpha value is -2.12. The number of nitrogens with zero attached hydrogens (tertiary/aromatic N) is 3. The van der Waals surface area contributed by atoms with Gasteiger partial charge in [-0.25, -0.2) is 4.79 Å². The molecule has 0 bridgehead atoms. The van der Waals surface area contributed by atoms with E-state index in [1.807, 2.05) is 0 Å². The summed E-state index contributed by atoms with van der Waals surface area (Å²) in [5.74, 6) is -0.270. The number of nitrogens with one attached hydrogen (secondary N) is 1. The number of rotatable bonds is 4. The molecular formula is C11H16N4O4. The van der Waals surface area contributed by atoms with E-state index in [4.69, 9.17) is 9.63 Å². The molecule has 1 aliphatic rings. The number of carboxylic acid groups (broad SMARTS) is 1. The van der Waals surface area contributed by atoms with E-state index in [1.54, 1.807) is 6.92 Å². The summed E-state index contributed by atoms with van der Waals surface area (Å²) in [4.78, 5) is 28.1. The first-order chi connectivity index (χ1) is 9.06. The third-order valence-corrected chi connectivity index (χ3v) is 3.01. The molecule has 8 nitrogen and oxygen atoms in total. The molecule has 0 aromatic carbocycles. The van der Waals surface area contributed by atoms with Crippen molar-refractivity contribution >= 4 is 12.0 Å². The van der Waals surface area contributed by atoms with Gasteiger partial charge in [-0.2, -0.15) is 4.98 Å². The van der Waals surface area contributed by atoms with E-state index in [9.17, 15) is 9.59 Å². The lowest BCUT2D eigenvalue weighted by atomic mass is 10.1. The van der Waals surface area contributed by atoms with Crippen molar-refractivity contribution in [2.45, 2.75) is 19.8 Å². The predicted octanol–water partition coefficient (Wildman–Crippen LogP) is 0.0366. The van der Waals surface area contributed by atoms with E-state index in [2.05, 4.69) is 15.5 Å². The van der Waals surface area contributed by atoms with Crippen LogP contribution in [0.15, 0.2) is 4.52 Å². The number of aromatic nitrogens is 2. The van der Waals surface area contributed by atoms with Crippen molar-refractivity contribution in [1.29, 1.82) is 0 Å². The predicted molar refractivity (Wildman–Crippen MR) is 63.5 cm³/mol. The van der Waals surface area contributed by atoms with Crippen molar-refractivity contribution in [3.05, 3.63) is 11.7 Å². The molecule has 1 unspecified atom stereocenters. The highest BCUT2D eigenvalue weighted by atomic mass is 16.5. The van der Waals surface area contributed by atoms with E-state index in [0.29, 0.717) is 37.6 Å². The normalized spacial score (nSPS) is 18.6. The number of hydrogen-bond donors (Lipinski definition) is 2. The van der Waals surface area contributed by atoms with E-state index in [-0.39, 0.29) is 12.6 Å². The molecule has 0 radical (unpaired) electrons. The lowest BCUT2D eigenvalue weighted by molar-refractivity contribution is -0.141. The average Bonchev–Trinajstić information content (AvgIpc) is 2.98. The topological polar surface area (TPSA) is 109 Å². The minimum atomic E-state index is -0.850. The molecule has 0 aliphatic carbocycles. The van der Waals surface area contributed by atoms with Gasteiger partial charge in [-0.15, -0.1) is 0 Å². The van der Waals surface area contributed by atoms with E-state index in [0.717, 1.165) is 0 Å². The maximum absolute atomic E-state index is 11.8. The maximum Gasteiger partial charge on any atom is 0.317 e. The van der Waals surface area contributed by atoms with Gasteiger partial charge >= 0.3 is 12.0 Å². The fourth-order valence-electron chi connectivity index (χ4n) is 1.98. The Kier molecular flexibility index (Phi) is 3.98. The summed E-state index contributed by atoms with van der Waals surface area (Å²) in [5, 5.41) is 15.2. The Morgan fingerprint density at radius 3 is 2.95 bits per heavy atom. The molecule has 1 fully saturated rings. The number of amides is 2. The van der Waals surface area contributed by atoms with Crippen molar-refractivity contribution in [3.63, 3.8) is 0 Å². The van der Waals surface area contributed by atoms with Crippen LogP contribution in [0.3, 0.4) is 0 Å². The second-order valence-electron chi connectivity index (χ2n) is 4.49. The number of carbonyl (C=O) groups excluding carboxylic acids is 1. The molecule has 2 heterocycles. The van der Waals surface area contributed by atoms with Crippen LogP contribution in [0, 0.1) is 12.8 Å². The molecule has 1 aromatic rings. The highest BCUT2D eigenvalue weighted by Crippen LogP contribution is 2.15. The van der Waals surface area contributed by atoms with Crippen LogP contribution in [0.5, 0.6) is 0 Å². The Labute approximate surface area is 109 Å². The van der Waals surface area contributed by atoms with Gasteiger partial charge < -0.3 is 19.8 Å². The number of hydrogen-bond acceptors (Lipinski definition) is 5. The number of aliphatic carboxylic acids is 1. The smallest absolute Gasteiger partial charge is 0.317 e. The molecule has 0 spiro atoms. The molecule has 2 N–H and O–H groups in total. The van der Waals surface area contributed by atoms with Crippen LogP contribution < -0.4 is 5.32 Å². The lowest BCUT2D eigenvalue weighted by Crippen LogP contribution is -2.39. The van der Waals surface area contributed by atoms with Gasteiger partial charge in [-0.05, 0) is 13.3 Å². The zero-order valence-electron chi connectivity index (χ0n) is 10.6. The summed E-state index contributed by atoms with van der Waals surface area (Å²) >= 11 is 0. The SMILES string of the molecule is Cc1noc(CCNC(=O)N2CCC(C(=O)O)C2)n1. The zero-order valence-corrected chi connectivity index (χ0v) is 10.6. The number of carbonyl (C=O) groups is 2. The minimum Gasteiger partial charge on any atom is -0.481 e. The monoisotopic (exact) mass is 268 g/mol. The summed E-state index contributed by atoms with van der Waals surface area (Å²) in [6, 6.07) is -0.250. The number of likely N-dealkylation sites (tertiary alicyclic amines) is 1. The van der Waals surface area contributed by atoms with Gasteiger partial charge in [0.15, 0.2) is 5.82 Å². The number of urea groups is 1. The molecule has 1 saturated heterocycles. The van der Waals surface area contributed by atoms with Gasteiger partial charge in [0.25, 0.3) is 0 Å². The quantitative estimate of drug-likeness (QED) is 0.797. The first kappa shape index (κ1) is 13.3. The van der Waals surface area contributed by atoms with Crippen LogP contribution in [0.25, 0.3) is 0 Å². The Bertz CT molecular complexity index is 473. The third kappa shape index (κ3) is 3.43. The van der Waals surface area contributed by atoms with Crippen LogP contribution >= 0.6 is 0 Å². The first-order valence-corrected chi connectivity index (χ1v) is 6.11. The molecule has 19 heavy (non-hydrogen) atoms. The first-order valence-electron chi connectivity index (χ1n) is 6.11. The zero-order chi connectivity index (χ0) is 13.8. The molecule has 1 aromatic heterocycles. The lowest BCUT2D eigenvalue weighted by Gasteiger charge is -2.16. The van der Waals surface area contributed by atoms with E-state index < -0.39 is 11.9 Å². The minimum absolute atomic E-state index is 0.250. The summed E-state index contributed by atoms with van der Waals surface area (Å²) in [6.45, 7) is 2.85. The molecule has 8 heteroatoms. The van der Waals surface area contributed by atoms with Gasteiger partial charge in [0.2, 0.25) is 5.89 Å². The summed E-state index contributed by atoms with van der Waals surface area (Å²) < 4.78 is 4.92. The Morgan fingerprint density at radius 1 is 1.58 bits per heavy atom. The van der Waals surface area contributed by atoms with Gasteiger partial charge in [0, 0.05) is 26.1 Å². The van der Waals surface area contributed by atoms with Gasteiger partial charge in [0.05, 0.1) is 5.92 Å². The highest BCUT2D eigenvalue weighted by molar-refractivity contribution is 5.77. The fraction of sp³-hybridized carbons (Fsp3) is 0.636. The summed E-state index contributed by atoms with van der Waals surface area (Å²) in [5.41, 5.74) is 0. The number of carboxylic acids is 1. The van der Waals surface area contributed by atoms with Gasteiger partial charge in [0.1, 0.15) is 0 Å². The van der Waals surface area contributed by atoms with Crippen LogP contribution in [-0.2, 0) is 11.2 Å². The van der Waals surface area contributed by atoms with Crippen LogP contribution in [0.1, 0.15) is 18.1 Å². The standard InChI is InChI=1S/C11H16N4O4/c1-7-13-9(19-14-7)2-4-12-11(18)15-5-3-8(6-15)10(16)17/h8H,2-6H2,1H3,(H,12,18)(H,16,17). The van der Waals surface area contributed by atoms with Crippen molar-refractivity contribution in [2.75, 3.05) is 19.6 Å². The van der Waals surface area contributed by atoms with Crippen molar-refractivity contribution < 1.29 is 19.2 Å². The average molecular weight is 268 g/mol. The fourth-order valence-corrected chi connectivity index (χ4v) is 1.98. The summed E-state index contributed by atoms with van der Waals surface area (Å²) in [7, 11) is 0. The molecule has 104 valence electrons. The van der Waals surface area contributed by atoms with Gasteiger partial charge in [-0.3, -0.25) is 4.79 Å². The van der Waals surface area contributed by atoms with E-state index in [1.165, 1.54) is 4.90 Å². The maximum atomic E-state index is 11.8.